The highest BCUT2D eigenvalue weighted by molar-refractivity contribution is 5.91. The first-order valence-electron chi connectivity index (χ1n) is 10.3. The Bertz CT molecular complexity index is 653. The summed E-state index contributed by atoms with van der Waals surface area (Å²) < 4.78 is 16.4. The zero-order chi connectivity index (χ0) is 19.9. The SMILES string of the molecule is C[C@@H]1[C@H](C)CCC[C@@H]1NC(=O)COC(=O)c1ccc(OC[C@H]2CCCO2)cc1. The van der Waals surface area contributed by atoms with Crippen molar-refractivity contribution in [3.05, 3.63) is 29.8 Å². The normalized spacial score (nSPS) is 27.2. The van der Waals surface area contributed by atoms with Crippen molar-refractivity contribution in [1.82, 2.24) is 5.32 Å². The highest BCUT2D eigenvalue weighted by Crippen LogP contribution is 2.29. The molecule has 2 aliphatic rings. The van der Waals surface area contributed by atoms with Crippen molar-refractivity contribution in [3.8, 4) is 5.75 Å². The Morgan fingerprint density at radius 1 is 1.11 bits per heavy atom. The zero-order valence-corrected chi connectivity index (χ0v) is 16.8. The van der Waals surface area contributed by atoms with Crippen LogP contribution in [0.25, 0.3) is 0 Å². The third-order valence-electron chi connectivity index (χ3n) is 5.94. The number of hydrogen-bond donors (Lipinski definition) is 1. The molecule has 28 heavy (non-hydrogen) atoms. The Hall–Kier alpha value is -2.08. The third-order valence-corrected chi connectivity index (χ3v) is 5.94. The van der Waals surface area contributed by atoms with Gasteiger partial charge >= 0.3 is 5.97 Å². The average molecular weight is 389 g/mol. The second-order valence-electron chi connectivity index (χ2n) is 7.99. The van der Waals surface area contributed by atoms with E-state index in [0.717, 1.165) is 32.3 Å². The number of esters is 1. The summed E-state index contributed by atoms with van der Waals surface area (Å²) in [6, 6.07) is 6.93. The van der Waals surface area contributed by atoms with Crippen LogP contribution in [0.2, 0.25) is 0 Å². The van der Waals surface area contributed by atoms with E-state index < -0.39 is 5.97 Å². The van der Waals surface area contributed by atoms with Gasteiger partial charge in [0, 0.05) is 12.6 Å². The van der Waals surface area contributed by atoms with Gasteiger partial charge in [-0.1, -0.05) is 26.7 Å². The molecule has 1 aromatic rings. The van der Waals surface area contributed by atoms with Crippen molar-refractivity contribution in [1.29, 1.82) is 0 Å². The lowest BCUT2D eigenvalue weighted by atomic mass is 9.78. The highest BCUT2D eigenvalue weighted by Gasteiger charge is 2.28. The van der Waals surface area contributed by atoms with E-state index in [0.29, 0.717) is 29.8 Å². The van der Waals surface area contributed by atoms with Crippen LogP contribution >= 0.6 is 0 Å². The second kappa shape index (κ2) is 9.92. The molecule has 1 N–H and O–H groups in total. The molecule has 3 rings (SSSR count). The third kappa shape index (κ3) is 5.71. The van der Waals surface area contributed by atoms with E-state index in [-0.39, 0.29) is 24.7 Å². The van der Waals surface area contributed by atoms with Gasteiger partial charge in [-0.2, -0.15) is 0 Å². The van der Waals surface area contributed by atoms with E-state index in [1.165, 1.54) is 6.42 Å². The van der Waals surface area contributed by atoms with Crippen molar-refractivity contribution in [2.75, 3.05) is 19.8 Å². The topological polar surface area (TPSA) is 73.9 Å². The van der Waals surface area contributed by atoms with E-state index >= 15 is 0 Å². The smallest absolute Gasteiger partial charge is 0.338 e. The Kier molecular flexibility index (Phi) is 7.31. The molecule has 2 fully saturated rings. The molecule has 0 unspecified atom stereocenters. The van der Waals surface area contributed by atoms with Gasteiger partial charge in [0.1, 0.15) is 12.4 Å². The molecule has 1 aliphatic carbocycles. The Labute approximate surface area is 166 Å². The first kappa shape index (κ1) is 20.6. The Balaban J connectivity index is 1.40. The average Bonchev–Trinajstić information content (AvgIpc) is 3.22. The summed E-state index contributed by atoms with van der Waals surface area (Å²) in [5.74, 6) is 0.977. The maximum absolute atomic E-state index is 12.2. The van der Waals surface area contributed by atoms with Crippen LogP contribution in [-0.2, 0) is 14.3 Å². The summed E-state index contributed by atoms with van der Waals surface area (Å²) in [6.07, 6.45) is 5.56. The summed E-state index contributed by atoms with van der Waals surface area (Å²) in [4.78, 5) is 24.3. The van der Waals surface area contributed by atoms with Crippen LogP contribution in [0.1, 0.15) is 56.3 Å². The largest absolute Gasteiger partial charge is 0.491 e. The fourth-order valence-corrected chi connectivity index (χ4v) is 3.90. The van der Waals surface area contributed by atoms with Gasteiger partial charge in [-0.3, -0.25) is 4.79 Å². The van der Waals surface area contributed by atoms with Crippen molar-refractivity contribution in [2.24, 2.45) is 11.8 Å². The molecular formula is C22H31NO5. The van der Waals surface area contributed by atoms with Crippen LogP contribution in [-0.4, -0.2) is 43.8 Å². The maximum atomic E-state index is 12.2. The van der Waals surface area contributed by atoms with Crippen molar-refractivity contribution in [2.45, 2.75) is 58.1 Å². The van der Waals surface area contributed by atoms with Gasteiger partial charge in [-0.05, 0) is 55.4 Å². The maximum Gasteiger partial charge on any atom is 0.338 e. The minimum Gasteiger partial charge on any atom is -0.491 e. The van der Waals surface area contributed by atoms with E-state index in [1.807, 2.05) is 0 Å². The van der Waals surface area contributed by atoms with E-state index in [4.69, 9.17) is 14.2 Å². The van der Waals surface area contributed by atoms with Gasteiger partial charge in [0.15, 0.2) is 6.61 Å². The van der Waals surface area contributed by atoms with Gasteiger partial charge in [-0.15, -0.1) is 0 Å². The number of carbonyl (C=O) groups excluding carboxylic acids is 2. The molecule has 0 spiro atoms. The summed E-state index contributed by atoms with van der Waals surface area (Å²) in [6.45, 7) is 5.45. The summed E-state index contributed by atoms with van der Waals surface area (Å²) in [5, 5.41) is 3.01. The van der Waals surface area contributed by atoms with Gasteiger partial charge in [-0.25, -0.2) is 4.79 Å². The van der Waals surface area contributed by atoms with Crippen molar-refractivity contribution < 1.29 is 23.8 Å². The van der Waals surface area contributed by atoms with E-state index in [9.17, 15) is 9.59 Å². The lowest BCUT2D eigenvalue weighted by Gasteiger charge is -2.34. The molecule has 1 saturated carbocycles. The minimum atomic E-state index is -0.508. The molecule has 4 atom stereocenters. The molecule has 0 radical (unpaired) electrons. The number of amides is 1. The lowest BCUT2D eigenvalue weighted by Crippen LogP contribution is -2.45. The predicted octanol–water partition coefficient (Wildman–Crippen LogP) is 3.34. The molecule has 1 saturated heterocycles. The number of carbonyl (C=O) groups is 2. The van der Waals surface area contributed by atoms with Crippen LogP contribution < -0.4 is 10.1 Å². The number of benzene rings is 1. The van der Waals surface area contributed by atoms with E-state index in [1.54, 1.807) is 24.3 Å². The first-order valence-corrected chi connectivity index (χ1v) is 10.3. The molecule has 0 aromatic heterocycles. The Morgan fingerprint density at radius 2 is 1.89 bits per heavy atom. The minimum absolute atomic E-state index is 0.151. The summed E-state index contributed by atoms with van der Waals surface area (Å²) in [7, 11) is 0. The summed E-state index contributed by atoms with van der Waals surface area (Å²) >= 11 is 0. The molecular weight excluding hydrogens is 358 g/mol. The number of rotatable bonds is 7. The fraction of sp³-hybridized carbons (Fsp3) is 0.636. The monoisotopic (exact) mass is 389 g/mol. The van der Waals surface area contributed by atoms with Crippen molar-refractivity contribution >= 4 is 11.9 Å². The predicted molar refractivity (Wildman–Crippen MR) is 105 cm³/mol. The molecule has 0 bridgehead atoms. The van der Waals surface area contributed by atoms with Crippen LogP contribution in [0, 0.1) is 11.8 Å². The fourth-order valence-electron chi connectivity index (χ4n) is 3.90. The molecule has 1 aromatic carbocycles. The van der Waals surface area contributed by atoms with Crippen LogP contribution in [0.3, 0.4) is 0 Å². The molecule has 1 heterocycles. The molecule has 6 heteroatoms. The molecule has 6 nitrogen and oxygen atoms in total. The zero-order valence-electron chi connectivity index (χ0n) is 16.8. The van der Waals surface area contributed by atoms with Crippen LogP contribution in [0.5, 0.6) is 5.75 Å². The van der Waals surface area contributed by atoms with Gasteiger partial charge in [0.2, 0.25) is 0 Å². The van der Waals surface area contributed by atoms with Gasteiger partial charge < -0.3 is 19.5 Å². The van der Waals surface area contributed by atoms with Gasteiger partial charge in [0.05, 0.1) is 11.7 Å². The Morgan fingerprint density at radius 3 is 2.61 bits per heavy atom. The summed E-state index contributed by atoms with van der Waals surface area (Å²) in [5.41, 5.74) is 0.400. The highest BCUT2D eigenvalue weighted by atomic mass is 16.5. The second-order valence-corrected chi connectivity index (χ2v) is 7.99. The van der Waals surface area contributed by atoms with E-state index in [2.05, 4.69) is 19.2 Å². The number of hydrogen-bond acceptors (Lipinski definition) is 5. The van der Waals surface area contributed by atoms with Crippen LogP contribution in [0.15, 0.2) is 24.3 Å². The number of ether oxygens (including phenoxy) is 3. The van der Waals surface area contributed by atoms with Gasteiger partial charge in [0.25, 0.3) is 5.91 Å². The quantitative estimate of drug-likeness (QED) is 0.724. The lowest BCUT2D eigenvalue weighted by molar-refractivity contribution is -0.125. The standard InChI is InChI=1S/C22H31NO5/c1-15-5-3-7-20(16(15)2)23-21(24)14-28-22(25)17-8-10-18(11-9-17)27-13-19-6-4-12-26-19/h8-11,15-16,19-20H,3-7,12-14H2,1-2H3,(H,23,24)/t15-,16-,19-,20+/m1/s1. The molecule has 1 aliphatic heterocycles. The number of nitrogens with one attached hydrogen (secondary N) is 1. The van der Waals surface area contributed by atoms with Crippen LogP contribution in [0.4, 0.5) is 0 Å². The first-order chi connectivity index (χ1) is 13.5. The molecule has 1 amide bonds. The van der Waals surface area contributed by atoms with Crippen molar-refractivity contribution in [3.63, 3.8) is 0 Å². The molecule has 154 valence electrons.